The first kappa shape index (κ1) is 14.4. The van der Waals surface area contributed by atoms with E-state index in [1.165, 1.54) is 38.5 Å². The van der Waals surface area contributed by atoms with E-state index in [0.717, 1.165) is 32.9 Å². The molecule has 1 unspecified atom stereocenters. The zero-order valence-corrected chi connectivity index (χ0v) is 14.9. The van der Waals surface area contributed by atoms with Gasteiger partial charge in [0.15, 0.2) is 0 Å². The Morgan fingerprint density at radius 3 is 2.29 bits per heavy atom. The first-order chi connectivity index (χ1) is 10.1. The van der Waals surface area contributed by atoms with Crippen LogP contribution in [0.25, 0.3) is 0 Å². The molecule has 1 atom stereocenters. The summed E-state index contributed by atoms with van der Waals surface area (Å²) in [6.07, 6.45) is 8.83. The van der Waals surface area contributed by atoms with Crippen LogP contribution in [0, 0.1) is 23.2 Å². The Kier molecular flexibility index (Phi) is 3.54. The van der Waals surface area contributed by atoms with Gasteiger partial charge in [0, 0.05) is 6.04 Å². The monoisotopic (exact) mass is 367 g/mol. The van der Waals surface area contributed by atoms with Crippen molar-refractivity contribution in [3.8, 4) is 0 Å². The van der Waals surface area contributed by atoms with Gasteiger partial charge in [-0.1, -0.05) is 17.7 Å². The van der Waals surface area contributed by atoms with E-state index in [1.54, 1.807) is 0 Å². The molecule has 114 valence electrons. The third-order valence-electron chi connectivity index (χ3n) is 6.33. The van der Waals surface area contributed by atoms with E-state index < -0.39 is 0 Å². The summed E-state index contributed by atoms with van der Waals surface area (Å²) in [6, 6.07) is 6.63. The molecule has 0 radical (unpaired) electrons. The maximum Gasteiger partial charge on any atom is 0.0593 e. The van der Waals surface area contributed by atoms with Crippen LogP contribution < -0.4 is 5.32 Å². The van der Waals surface area contributed by atoms with Gasteiger partial charge in [-0.3, -0.25) is 0 Å². The van der Waals surface area contributed by atoms with Crippen molar-refractivity contribution in [3.05, 3.63) is 27.7 Å². The maximum absolute atomic E-state index is 6.23. The second-order valence-corrected chi connectivity index (χ2v) is 8.95. The van der Waals surface area contributed by atoms with Crippen LogP contribution in [0.4, 0.5) is 5.69 Å². The number of nitrogens with one attached hydrogen (secondary N) is 1. The van der Waals surface area contributed by atoms with Gasteiger partial charge in [-0.15, -0.1) is 0 Å². The quantitative estimate of drug-likeness (QED) is 0.677. The van der Waals surface area contributed by atoms with E-state index in [-0.39, 0.29) is 0 Å². The number of hydrogen-bond donors (Lipinski definition) is 1. The normalized spacial score (nSPS) is 38.5. The molecule has 4 bridgehead atoms. The van der Waals surface area contributed by atoms with Crippen molar-refractivity contribution >= 4 is 33.2 Å². The third-order valence-corrected chi connectivity index (χ3v) is 7.73. The minimum Gasteiger partial charge on any atom is -0.381 e. The predicted octanol–water partition coefficient (Wildman–Crippen LogP) is 6.12. The zero-order chi connectivity index (χ0) is 14.6. The van der Waals surface area contributed by atoms with E-state index in [1.807, 2.05) is 12.1 Å². The van der Waals surface area contributed by atoms with Gasteiger partial charge in [0.1, 0.15) is 0 Å². The summed E-state index contributed by atoms with van der Waals surface area (Å²) in [7, 11) is 0. The molecule has 1 nitrogen and oxygen atoms in total. The average molecular weight is 369 g/mol. The first-order valence-electron chi connectivity index (χ1n) is 8.26. The topological polar surface area (TPSA) is 12.0 Å². The van der Waals surface area contributed by atoms with Crippen LogP contribution in [0.5, 0.6) is 0 Å². The van der Waals surface area contributed by atoms with Gasteiger partial charge in [0.25, 0.3) is 0 Å². The molecule has 0 saturated heterocycles. The lowest BCUT2D eigenvalue weighted by Gasteiger charge is -2.59. The molecule has 1 aromatic rings. The van der Waals surface area contributed by atoms with Gasteiger partial charge in [-0.25, -0.2) is 0 Å². The molecule has 0 spiro atoms. The van der Waals surface area contributed by atoms with Crippen molar-refractivity contribution in [2.45, 2.75) is 51.5 Å². The number of halogens is 2. The van der Waals surface area contributed by atoms with Crippen molar-refractivity contribution < 1.29 is 0 Å². The summed E-state index contributed by atoms with van der Waals surface area (Å²) < 4.78 is 1.00. The van der Waals surface area contributed by atoms with Gasteiger partial charge in [-0.05, 0) is 96.7 Å². The lowest BCUT2D eigenvalue weighted by molar-refractivity contribution is -0.0602. The SMILES string of the molecule is CC(Nc1cccc(Cl)c1Br)C12CC3CC(CC(C3)C1)C2. The minimum atomic E-state index is 0.524. The van der Waals surface area contributed by atoms with Crippen molar-refractivity contribution in [2.24, 2.45) is 23.2 Å². The standard InChI is InChI=1S/C18H23BrClN/c1-11(21-16-4-2-3-15(20)17(16)19)18-8-12-5-13(9-18)7-14(6-12)10-18/h2-4,11-14,21H,5-10H2,1H3. The Hall–Kier alpha value is -0.210. The van der Waals surface area contributed by atoms with Gasteiger partial charge in [0.2, 0.25) is 0 Å². The number of rotatable bonds is 3. The Labute approximate surface area is 141 Å². The first-order valence-corrected chi connectivity index (χ1v) is 9.43. The smallest absolute Gasteiger partial charge is 0.0593 e. The highest BCUT2D eigenvalue weighted by Gasteiger charge is 2.53. The Bertz CT molecular complexity index is 521. The fourth-order valence-electron chi connectivity index (χ4n) is 5.71. The van der Waals surface area contributed by atoms with Crippen LogP contribution in [-0.2, 0) is 0 Å². The van der Waals surface area contributed by atoms with Crippen LogP contribution in [-0.4, -0.2) is 6.04 Å². The van der Waals surface area contributed by atoms with Gasteiger partial charge in [0.05, 0.1) is 15.2 Å². The molecule has 0 aromatic heterocycles. The Balaban J connectivity index is 1.57. The highest BCUT2D eigenvalue weighted by Crippen LogP contribution is 2.61. The molecule has 4 aliphatic rings. The molecule has 0 amide bonds. The largest absolute Gasteiger partial charge is 0.381 e. The molecule has 21 heavy (non-hydrogen) atoms. The average Bonchev–Trinajstić information content (AvgIpc) is 2.42. The van der Waals surface area contributed by atoms with Crippen molar-refractivity contribution in [2.75, 3.05) is 5.32 Å². The zero-order valence-electron chi connectivity index (χ0n) is 12.5. The molecule has 1 N–H and O–H groups in total. The summed E-state index contributed by atoms with van der Waals surface area (Å²) in [6.45, 7) is 2.39. The van der Waals surface area contributed by atoms with E-state index in [2.05, 4.69) is 34.2 Å². The number of anilines is 1. The van der Waals surface area contributed by atoms with Gasteiger partial charge < -0.3 is 5.32 Å². The van der Waals surface area contributed by atoms with Crippen LogP contribution >= 0.6 is 27.5 Å². The van der Waals surface area contributed by atoms with E-state index in [9.17, 15) is 0 Å². The summed E-state index contributed by atoms with van der Waals surface area (Å²) in [5.41, 5.74) is 1.67. The molecular weight excluding hydrogens is 346 g/mol. The lowest BCUT2D eigenvalue weighted by atomic mass is 9.48. The third kappa shape index (κ3) is 2.43. The maximum atomic E-state index is 6.23. The number of benzene rings is 1. The van der Waals surface area contributed by atoms with Crippen LogP contribution in [0.1, 0.15) is 45.4 Å². The minimum absolute atomic E-state index is 0.524. The summed E-state index contributed by atoms with van der Waals surface area (Å²) >= 11 is 9.85. The van der Waals surface area contributed by atoms with E-state index in [0.29, 0.717) is 11.5 Å². The van der Waals surface area contributed by atoms with Crippen LogP contribution in [0.15, 0.2) is 22.7 Å². The lowest BCUT2D eigenvalue weighted by Crippen LogP contribution is -2.52. The second kappa shape index (κ2) is 5.16. The van der Waals surface area contributed by atoms with Crippen molar-refractivity contribution in [1.82, 2.24) is 0 Å². The van der Waals surface area contributed by atoms with Crippen molar-refractivity contribution in [1.29, 1.82) is 0 Å². The van der Waals surface area contributed by atoms with E-state index in [4.69, 9.17) is 11.6 Å². The highest BCUT2D eigenvalue weighted by molar-refractivity contribution is 9.10. The molecule has 4 saturated carbocycles. The van der Waals surface area contributed by atoms with Gasteiger partial charge >= 0.3 is 0 Å². The second-order valence-electron chi connectivity index (χ2n) is 7.75. The summed E-state index contributed by atoms with van der Waals surface area (Å²) in [5.74, 6) is 3.01. The van der Waals surface area contributed by atoms with Crippen LogP contribution in [0.3, 0.4) is 0 Å². The Morgan fingerprint density at radius 2 is 1.71 bits per heavy atom. The molecule has 5 rings (SSSR count). The number of hydrogen-bond acceptors (Lipinski definition) is 1. The fraction of sp³-hybridized carbons (Fsp3) is 0.667. The summed E-state index contributed by atoms with van der Waals surface area (Å²) in [5, 5.41) is 4.57. The van der Waals surface area contributed by atoms with Crippen molar-refractivity contribution in [3.63, 3.8) is 0 Å². The fourth-order valence-corrected chi connectivity index (χ4v) is 6.26. The Morgan fingerprint density at radius 1 is 1.14 bits per heavy atom. The van der Waals surface area contributed by atoms with Gasteiger partial charge in [-0.2, -0.15) is 0 Å². The molecule has 3 heteroatoms. The molecule has 4 aliphatic carbocycles. The molecule has 0 heterocycles. The summed E-state index contributed by atoms with van der Waals surface area (Å²) in [4.78, 5) is 0. The molecular formula is C18H23BrClN. The highest BCUT2D eigenvalue weighted by atomic mass is 79.9. The molecule has 1 aromatic carbocycles. The molecule has 4 fully saturated rings. The predicted molar refractivity (Wildman–Crippen MR) is 92.8 cm³/mol. The molecule has 0 aliphatic heterocycles. The van der Waals surface area contributed by atoms with Crippen LogP contribution in [0.2, 0.25) is 5.02 Å². The van der Waals surface area contributed by atoms with E-state index >= 15 is 0 Å².